The maximum Gasteiger partial charge on any atom is 0.407 e. The third-order valence-corrected chi connectivity index (χ3v) is 4.72. The summed E-state index contributed by atoms with van der Waals surface area (Å²) in [6.45, 7) is 11.2. The zero-order valence-corrected chi connectivity index (χ0v) is 21.9. The number of hydrogen-bond acceptors (Lipinski definition) is 6. The lowest BCUT2D eigenvalue weighted by molar-refractivity contribution is 0.0511. The molecule has 0 aliphatic heterocycles. The van der Waals surface area contributed by atoms with Gasteiger partial charge in [0.2, 0.25) is 0 Å². The van der Waals surface area contributed by atoms with Crippen LogP contribution in [0.2, 0.25) is 0 Å². The molecule has 0 aromatic carbocycles. The van der Waals surface area contributed by atoms with Crippen molar-refractivity contribution in [1.82, 2.24) is 30.6 Å². The smallest absolute Gasteiger partial charge is 0.407 e. The number of fused-ring (bicyclic) bond motifs is 2. The molecular weight excluding hydrogens is 479 g/mol. The standard InChI is InChI=1S/C13H16FN3O2.C13H17N3O2/c1-13(2,3)19-12(18)16-7-10-11(14)8-6-15-5-4-9(8)17-10;1-13(2,3)18-12(17)15-8-10-6-9-7-14-5-4-11(9)16-10/h4-6,17H,7H2,1-3H3,(H,16,18);4-7,16H,8H2,1-3H3,(H,15,17). The summed E-state index contributed by atoms with van der Waals surface area (Å²) in [5.41, 5.74) is 1.82. The molecule has 4 heterocycles. The lowest BCUT2D eigenvalue weighted by Gasteiger charge is -2.19. The number of H-pyrrole nitrogens is 2. The number of carbonyl (C=O) groups is 2. The quantitative estimate of drug-likeness (QED) is 0.293. The first-order chi connectivity index (χ1) is 17.3. The van der Waals surface area contributed by atoms with Gasteiger partial charge in [-0.25, -0.2) is 14.0 Å². The minimum Gasteiger partial charge on any atom is -0.444 e. The van der Waals surface area contributed by atoms with E-state index in [2.05, 4.69) is 30.6 Å². The van der Waals surface area contributed by atoms with E-state index in [0.29, 0.717) is 23.1 Å². The highest BCUT2D eigenvalue weighted by Crippen LogP contribution is 2.19. The number of ether oxygens (including phenoxy) is 2. The van der Waals surface area contributed by atoms with E-state index in [1.54, 1.807) is 45.4 Å². The fourth-order valence-corrected chi connectivity index (χ4v) is 3.26. The van der Waals surface area contributed by atoms with Crippen LogP contribution in [0.15, 0.2) is 43.0 Å². The van der Waals surface area contributed by atoms with E-state index >= 15 is 0 Å². The Hall–Kier alpha value is -4.15. The second kappa shape index (κ2) is 11.3. The zero-order chi connectivity index (χ0) is 27.2. The fourth-order valence-electron chi connectivity index (χ4n) is 3.26. The van der Waals surface area contributed by atoms with Gasteiger partial charge in [0.25, 0.3) is 0 Å². The Morgan fingerprint density at radius 3 is 2.00 bits per heavy atom. The highest BCUT2D eigenvalue weighted by molar-refractivity contribution is 5.80. The molecule has 37 heavy (non-hydrogen) atoms. The Morgan fingerprint density at radius 1 is 0.865 bits per heavy atom. The SMILES string of the molecule is CC(C)(C)OC(=O)NCc1[nH]c2ccncc2c1F.CC(C)(C)OC(=O)NCc1cc2cnccc2[nH]1. The third-order valence-electron chi connectivity index (χ3n) is 4.72. The zero-order valence-electron chi connectivity index (χ0n) is 21.9. The first kappa shape index (κ1) is 27.4. The second-order valence-electron chi connectivity index (χ2n) is 10.3. The molecule has 0 fully saturated rings. The number of aromatic nitrogens is 4. The number of pyridine rings is 2. The second-order valence-corrected chi connectivity index (χ2v) is 10.3. The monoisotopic (exact) mass is 512 g/mol. The molecule has 0 aliphatic rings. The van der Waals surface area contributed by atoms with Gasteiger partial charge in [-0.05, 0) is 59.7 Å². The van der Waals surface area contributed by atoms with Gasteiger partial charge in [0, 0.05) is 41.4 Å². The van der Waals surface area contributed by atoms with Gasteiger partial charge in [0.1, 0.15) is 11.2 Å². The molecule has 0 saturated heterocycles. The Labute approximate surface area is 214 Å². The van der Waals surface area contributed by atoms with Crippen LogP contribution < -0.4 is 10.6 Å². The van der Waals surface area contributed by atoms with E-state index in [-0.39, 0.29) is 6.54 Å². The van der Waals surface area contributed by atoms with Crippen molar-refractivity contribution in [2.24, 2.45) is 0 Å². The minimum absolute atomic E-state index is 0.0371. The normalized spacial score (nSPS) is 11.5. The summed E-state index contributed by atoms with van der Waals surface area (Å²) in [6, 6.07) is 5.53. The van der Waals surface area contributed by atoms with Crippen molar-refractivity contribution in [2.45, 2.75) is 65.8 Å². The van der Waals surface area contributed by atoms with Crippen molar-refractivity contribution in [1.29, 1.82) is 0 Å². The molecular formula is C26H33FN6O4. The molecule has 0 atom stereocenters. The summed E-state index contributed by atoms with van der Waals surface area (Å²) in [5, 5.41) is 6.64. The Kier molecular flexibility index (Phi) is 8.36. The molecule has 0 saturated carbocycles. The average molecular weight is 513 g/mol. The van der Waals surface area contributed by atoms with Gasteiger partial charge in [0.05, 0.1) is 29.7 Å². The van der Waals surface area contributed by atoms with Gasteiger partial charge >= 0.3 is 12.2 Å². The summed E-state index contributed by atoms with van der Waals surface area (Å²) in [5.74, 6) is -0.404. The molecule has 11 heteroatoms. The van der Waals surface area contributed by atoms with Crippen LogP contribution in [0, 0.1) is 5.82 Å². The molecule has 0 radical (unpaired) electrons. The lowest BCUT2D eigenvalue weighted by atomic mass is 10.2. The molecule has 0 spiro atoms. The summed E-state index contributed by atoms with van der Waals surface area (Å²) >= 11 is 0. The Balaban J connectivity index is 0.000000206. The summed E-state index contributed by atoms with van der Waals surface area (Å²) in [7, 11) is 0. The largest absolute Gasteiger partial charge is 0.444 e. The first-order valence-corrected chi connectivity index (χ1v) is 11.8. The molecule has 4 aromatic heterocycles. The average Bonchev–Trinajstić information content (AvgIpc) is 3.35. The molecule has 0 aliphatic carbocycles. The maximum absolute atomic E-state index is 14.0. The van der Waals surface area contributed by atoms with Crippen molar-refractivity contribution in [3.8, 4) is 0 Å². The van der Waals surface area contributed by atoms with Crippen molar-refractivity contribution in [3.63, 3.8) is 0 Å². The molecule has 10 nitrogen and oxygen atoms in total. The van der Waals surface area contributed by atoms with Crippen molar-refractivity contribution < 1.29 is 23.5 Å². The van der Waals surface area contributed by atoms with Crippen molar-refractivity contribution in [3.05, 3.63) is 60.2 Å². The number of aromatic amines is 2. The fraction of sp³-hybridized carbons (Fsp3) is 0.385. The van der Waals surface area contributed by atoms with Crippen LogP contribution in [0.3, 0.4) is 0 Å². The van der Waals surface area contributed by atoms with Crippen LogP contribution in [0.1, 0.15) is 52.9 Å². The molecule has 0 bridgehead atoms. The molecule has 4 aromatic rings. The molecule has 198 valence electrons. The number of nitrogens with one attached hydrogen (secondary N) is 4. The number of rotatable bonds is 4. The van der Waals surface area contributed by atoms with Gasteiger partial charge in [0.15, 0.2) is 5.82 Å². The van der Waals surface area contributed by atoms with Crippen LogP contribution in [0.25, 0.3) is 21.8 Å². The maximum atomic E-state index is 14.0. The lowest BCUT2D eigenvalue weighted by Crippen LogP contribution is -2.32. The van der Waals surface area contributed by atoms with Gasteiger partial charge in [-0.2, -0.15) is 0 Å². The number of alkyl carbamates (subject to hydrolysis) is 2. The molecule has 4 N–H and O–H groups in total. The highest BCUT2D eigenvalue weighted by atomic mass is 19.1. The predicted octanol–water partition coefficient (Wildman–Crippen LogP) is 5.31. The van der Waals surface area contributed by atoms with E-state index in [1.807, 2.05) is 32.9 Å². The van der Waals surface area contributed by atoms with Crippen molar-refractivity contribution >= 4 is 34.0 Å². The Morgan fingerprint density at radius 2 is 1.43 bits per heavy atom. The van der Waals surface area contributed by atoms with E-state index in [4.69, 9.17) is 9.47 Å². The van der Waals surface area contributed by atoms with Crippen LogP contribution in [0.4, 0.5) is 14.0 Å². The summed E-state index contributed by atoms with van der Waals surface area (Å²) < 4.78 is 24.2. The highest BCUT2D eigenvalue weighted by Gasteiger charge is 2.18. The summed E-state index contributed by atoms with van der Waals surface area (Å²) in [6.07, 6.45) is 5.52. The molecule has 0 unspecified atom stereocenters. The first-order valence-electron chi connectivity index (χ1n) is 11.8. The van der Waals surface area contributed by atoms with Gasteiger partial charge < -0.3 is 30.1 Å². The van der Waals surface area contributed by atoms with Crippen molar-refractivity contribution in [2.75, 3.05) is 0 Å². The molecule has 2 amide bonds. The minimum atomic E-state index is -0.580. The number of carbonyl (C=O) groups excluding carboxylic acids is 2. The number of nitrogens with zero attached hydrogens (tertiary/aromatic N) is 2. The van der Waals surface area contributed by atoms with Crippen LogP contribution >= 0.6 is 0 Å². The van der Waals surface area contributed by atoms with Gasteiger partial charge in [-0.3, -0.25) is 9.97 Å². The number of halogens is 1. The van der Waals surface area contributed by atoms with Crippen LogP contribution in [-0.4, -0.2) is 43.3 Å². The van der Waals surface area contributed by atoms with Gasteiger partial charge in [-0.1, -0.05) is 0 Å². The van der Waals surface area contributed by atoms with Crippen LogP contribution in [-0.2, 0) is 22.6 Å². The van der Waals surface area contributed by atoms with E-state index in [1.165, 1.54) is 6.20 Å². The predicted molar refractivity (Wildman–Crippen MR) is 138 cm³/mol. The number of amides is 2. The van der Waals surface area contributed by atoms with E-state index < -0.39 is 29.2 Å². The number of hydrogen-bond donors (Lipinski definition) is 4. The topological polar surface area (TPSA) is 134 Å². The Bertz CT molecular complexity index is 1330. The van der Waals surface area contributed by atoms with Gasteiger partial charge in [-0.15, -0.1) is 0 Å². The molecule has 4 rings (SSSR count). The van der Waals surface area contributed by atoms with Crippen LogP contribution in [0.5, 0.6) is 0 Å². The van der Waals surface area contributed by atoms with E-state index in [9.17, 15) is 14.0 Å². The third kappa shape index (κ3) is 8.48. The summed E-state index contributed by atoms with van der Waals surface area (Å²) in [4.78, 5) is 37.0. The van der Waals surface area contributed by atoms with E-state index in [0.717, 1.165) is 16.6 Å².